The second-order valence-corrected chi connectivity index (χ2v) is 10.6. The van der Waals surface area contributed by atoms with Crippen LogP contribution in [0.25, 0.3) is 11.1 Å². The van der Waals surface area contributed by atoms with E-state index in [2.05, 4.69) is 40.2 Å². The lowest BCUT2D eigenvalue weighted by Crippen LogP contribution is -2.47. The maximum Gasteiger partial charge on any atom is 0.407 e. The lowest BCUT2D eigenvalue weighted by atomic mass is 9.98. The highest BCUT2D eigenvalue weighted by Gasteiger charge is 2.30. The molecule has 0 aromatic heterocycles. The van der Waals surface area contributed by atoms with E-state index in [0.29, 0.717) is 17.3 Å². The molecule has 40 heavy (non-hydrogen) atoms. The highest BCUT2D eigenvalue weighted by Crippen LogP contribution is 2.44. The molecule has 0 saturated heterocycles. The summed E-state index contributed by atoms with van der Waals surface area (Å²) in [6.07, 6.45) is -0.622. The predicted octanol–water partition coefficient (Wildman–Crippen LogP) is 7.45. The molecule has 1 aliphatic carbocycles. The quantitative estimate of drug-likeness (QED) is 0.201. The van der Waals surface area contributed by atoms with E-state index >= 15 is 0 Å². The van der Waals surface area contributed by atoms with Crippen LogP contribution in [0.5, 0.6) is 0 Å². The fourth-order valence-corrected chi connectivity index (χ4v) is 5.32. The number of hydrogen-bond donors (Lipinski definition) is 3. The Kier molecular flexibility index (Phi) is 8.37. The lowest BCUT2D eigenvalue weighted by molar-refractivity contribution is -0.119. The Labute approximate surface area is 239 Å². The topological polar surface area (TPSA) is 79.5 Å². The van der Waals surface area contributed by atoms with Gasteiger partial charge in [0.15, 0.2) is 0 Å². The van der Waals surface area contributed by atoms with Gasteiger partial charge in [0.25, 0.3) is 0 Å². The van der Waals surface area contributed by atoms with Gasteiger partial charge in [0, 0.05) is 17.5 Å². The van der Waals surface area contributed by atoms with Crippen LogP contribution >= 0.6 is 11.6 Å². The molecule has 0 saturated carbocycles. The van der Waals surface area contributed by atoms with Crippen molar-refractivity contribution in [3.05, 3.63) is 119 Å². The average molecular weight is 554 g/mol. The molecule has 6 nitrogen and oxygen atoms in total. The maximum absolute atomic E-state index is 13.3. The highest BCUT2D eigenvalue weighted by atomic mass is 35.5. The van der Waals surface area contributed by atoms with Crippen LogP contribution in [0, 0.1) is 5.92 Å². The van der Waals surface area contributed by atoms with Gasteiger partial charge in [-0.3, -0.25) is 4.79 Å². The van der Waals surface area contributed by atoms with Gasteiger partial charge in [-0.25, -0.2) is 4.79 Å². The van der Waals surface area contributed by atoms with Gasteiger partial charge < -0.3 is 20.7 Å². The van der Waals surface area contributed by atoms with Crippen LogP contribution in [0.2, 0.25) is 5.02 Å². The first kappa shape index (κ1) is 27.3. The molecule has 0 spiro atoms. The third-order valence-corrected chi connectivity index (χ3v) is 7.36. The number of carbonyl (C=O) groups is 2. The van der Waals surface area contributed by atoms with Crippen LogP contribution in [0.3, 0.4) is 0 Å². The van der Waals surface area contributed by atoms with E-state index in [1.54, 1.807) is 0 Å². The SMILES string of the molecule is CC(C)C(NC(=O)OCC1c2ccccc2-c2ccccc21)C(=O)Nc1ccccc1NCc1cccc(Cl)c1. The van der Waals surface area contributed by atoms with Gasteiger partial charge in [0.05, 0.1) is 11.4 Å². The molecule has 204 valence electrons. The molecule has 7 heteroatoms. The second-order valence-electron chi connectivity index (χ2n) is 10.2. The van der Waals surface area contributed by atoms with E-state index in [1.165, 1.54) is 0 Å². The van der Waals surface area contributed by atoms with Crippen molar-refractivity contribution < 1.29 is 14.3 Å². The number of alkyl carbamates (subject to hydrolysis) is 1. The zero-order chi connectivity index (χ0) is 28.1. The summed E-state index contributed by atoms with van der Waals surface area (Å²) in [6.45, 7) is 4.50. The lowest BCUT2D eigenvalue weighted by Gasteiger charge is -2.23. The molecular weight excluding hydrogens is 522 g/mol. The summed E-state index contributed by atoms with van der Waals surface area (Å²) in [5, 5.41) is 9.77. The van der Waals surface area contributed by atoms with Crippen molar-refractivity contribution >= 4 is 35.0 Å². The minimum Gasteiger partial charge on any atom is -0.449 e. The van der Waals surface area contributed by atoms with E-state index in [0.717, 1.165) is 33.5 Å². The van der Waals surface area contributed by atoms with Gasteiger partial charge in [-0.15, -0.1) is 0 Å². The average Bonchev–Trinajstić information content (AvgIpc) is 3.28. The summed E-state index contributed by atoms with van der Waals surface area (Å²) < 4.78 is 5.69. The van der Waals surface area contributed by atoms with Crippen LogP contribution in [-0.4, -0.2) is 24.6 Å². The summed E-state index contributed by atoms with van der Waals surface area (Å²) >= 11 is 6.11. The standard InChI is InChI=1S/C33H32ClN3O3/c1-21(2)31(32(38)36-30-17-8-7-16-29(30)35-19-22-10-9-11-23(34)18-22)37-33(39)40-20-28-26-14-5-3-12-24(26)25-13-4-6-15-27(25)28/h3-18,21,28,31,35H,19-20H2,1-2H3,(H,36,38)(H,37,39). The number of anilines is 2. The zero-order valence-corrected chi connectivity index (χ0v) is 23.2. The molecule has 0 aliphatic heterocycles. The number of benzene rings is 4. The summed E-state index contributed by atoms with van der Waals surface area (Å²) in [6, 6.07) is 30.6. The molecule has 2 amide bonds. The number of ether oxygens (including phenoxy) is 1. The first-order chi connectivity index (χ1) is 19.4. The Morgan fingerprint density at radius 2 is 1.45 bits per heavy atom. The third kappa shape index (κ3) is 6.13. The van der Waals surface area contributed by atoms with E-state index in [4.69, 9.17) is 16.3 Å². The van der Waals surface area contributed by atoms with E-state index in [9.17, 15) is 9.59 Å². The Hall–Kier alpha value is -4.29. The monoisotopic (exact) mass is 553 g/mol. The van der Waals surface area contributed by atoms with E-state index < -0.39 is 12.1 Å². The summed E-state index contributed by atoms with van der Waals surface area (Å²) in [5.41, 5.74) is 7.00. The number of rotatable bonds is 9. The number of fused-ring (bicyclic) bond motifs is 3. The molecule has 1 unspecified atom stereocenters. The molecule has 3 N–H and O–H groups in total. The number of para-hydroxylation sites is 2. The largest absolute Gasteiger partial charge is 0.449 e. The van der Waals surface area contributed by atoms with Crippen molar-refractivity contribution in [3.8, 4) is 11.1 Å². The van der Waals surface area contributed by atoms with Crippen LogP contribution in [0.1, 0.15) is 36.5 Å². The molecule has 1 atom stereocenters. The van der Waals surface area contributed by atoms with Crippen molar-refractivity contribution in [1.29, 1.82) is 0 Å². The molecule has 0 radical (unpaired) electrons. The molecule has 0 heterocycles. The molecule has 1 aliphatic rings. The fourth-order valence-electron chi connectivity index (χ4n) is 5.10. The number of nitrogens with one attached hydrogen (secondary N) is 3. The van der Waals surface area contributed by atoms with Gasteiger partial charge in [-0.05, 0) is 58.0 Å². The van der Waals surface area contributed by atoms with Crippen LogP contribution in [-0.2, 0) is 16.1 Å². The molecular formula is C33H32ClN3O3. The Bertz CT molecular complexity index is 1470. The highest BCUT2D eigenvalue weighted by molar-refractivity contribution is 6.30. The van der Waals surface area contributed by atoms with Gasteiger partial charge in [0.2, 0.25) is 5.91 Å². The summed E-state index contributed by atoms with van der Waals surface area (Å²) in [7, 11) is 0. The molecule has 5 rings (SSSR count). The predicted molar refractivity (Wildman–Crippen MR) is 161 cm³/mol. The first-order valence-corrected chi connectivity index (χ1v) is 13.8. The molecule has 0 fully saturated rings. The normalized spacial score (nSPS) is 12.8. The van der Waals surface area contributed by atoms with Gasteiger partial charge in [-0.1, -0.05) is 98.2 Å². The molecule has 4 aromatic rings. The Morgan fingerprint density at radius 3 is 2.10 bits per heavy atom. The second kappa shape index (κ2) is 12.3. The number of hydrogen-bond acceptors (Lipinski definition) is 4. The van der Waals surface area contributed by atoms with Gasteiger partial charge in [0.1, 0.15) is 12.6 Å². The van der Waals surface area contributed by atoms with Crippen molar-refractivity contribution in [2.24, 2.45) is 5.92 Å². The third-order valence-electron chi connectivity index (χ3n) is 7.12. The van der Waals surface area contributed by atoms with E-state index in [1.807, 2.05) is 86.6 Å². The zero-order valence-electron chi connectivity index (χ0n) is 22.5. The van der Waals surface area contributed by atoms with Crippen molar-refractivity contribution in [2.75, 3.05) is 17.2 Å². The Morgan fingerprint density at radius 1 is 0.825 bits per heavy atom. The number of carbonyl (C=O) groups excluding carboxylic acids is 2. The minimum atomic E-state index is -0.781. The summed E-state index contributed by atoms with van der Waals surface area (Å²) in [5.74, 6) is -0.533. The first-order valence-electron chi connectivity index (χ1n) is 13.4. The number of amides is 2. The van der Waals surface area contributed by atoms with Crippen molar-refractivity contribution in [2.45, 2.75) is 32.4 Å². The van der Waals surface area contributed by atoms with Crippen molar-refractivity contribution in [3.63, 3.8) is 0 Å². The smallest absolute Gasteiger partial charge is 0.407 e. The van der Waals surface area contributed by atoms with Crippen LogP contribution in [0.4, 0.5) is 16.2 Å². The summed E-state index contributed by atoms with van der Waals surface area (Å²) in [4.78, 5) is 26.2. The van der Waals surface area contributed by atoms with Gasteiger partial charge >= 0.3 is 6.09 Å². The molecule has 0 bridgehead atoms. The molecule has 4 aromatic carbocycles. The van der Waals surface area contributed by atoms with Gasteiger partial charge in [-0.2, -0.15) is 0 Å². The van der Waals surface area contributed by atoms with Crippen molar-refractivity contribution in [1.82, 2.24) is 5.32 Å². The van der Waals surface area contributed by atoms with Crippen LogP contribution < -0.4 is 16.0 Å². The maximum atomic E-state index is 13.3. The minimum absolute atomic E-state index is 0.0538. The van der Waals surface area contributed by atoms with E-state index in [-0.39, 0.29) is 24.3 Å². The number of halogens is 1. The Balaban J connectivity index is 1.22. The van der Waals surface area contributed by atoms with Crippen LogP contribution in [0.15, 0.2) is 97.1 Å². The fraction of sp³-hybridized carbons (Fsp3) is 0.212.